The molecule has 0 fully saturated rings. The molecule has 2 nitrogen and oxygen atoms in total. The summed E-state index contributed by atoms with van der Waals surface area (Å²) in [6.45, 7) is 6.34. The Morgan fingerprint density at radius 3 is 0.409 bits per heavy atom. The fourth-order valence-corrected chi connectivity index (χ4v) is 6.45. The highest BCUT2D eigenvalue weighted by molar-refractivity contribution is 4.52. The maximum atomic E-state index is 5.51. The quantitative estimate of drug-likeness (QED) is 0.0673. The van der Waals surface area contributed by atoms with Gasteiger partial charge in [0.15, 0.2) is 0 Å². The lowest BCUT2D eigenvalue weighted by Gasteiger charge is -2.04. The van der Waals surface area contributed by atoms with Crippen molar-refractivity contribution in [2.75, 3.05) is 13.1 Å². The van der Waals surface area contributed by atoms with Crippen LogP contribution in [0.5, 0.6) is 0 Å². The van der Waals surface area contributed by atoms with E-state index in [4.69, 9.17) is 11.5 Å². The van der Waals surface area contributed by atoms with E-state index < -0.39 is 0 Å². The lowest BCUT2D eigenvalue weighted by atomic mass is 10.0. The molecule has 2 heteroatoms. The van der Waals surface area contributed by atoms with E-state index in [-0.39, 0.29) is 0 Å². The number of rotatable bonds is 38. The summed E-state index contributed by atoms with van der Waals surface area (Å²) in [4.78, 5) is 0. The number of nitrogens with two attached hydrogens (primary N) is 2. The van der Waals surface area contributed by atoms with Gasteiger partial charge in [0.2, 0.25) is 0 Å². The third-order valence-electron chi connectivity index (χ3n) is 9.62. The van der Waals surface area contributed by atoms with Gasteiger partial charge in [-0.2, -0.15) is 0 Å². The van der Waals surface area contributed by atoms with E-state index in [0.717, 1.165) is 13.1 Å². The van der Waals surface area contributed by atoms with Crippen molar-refractivity contribution in [2.45, 2.75) is 258 Å². The van der Waals surface area contributed by atoms with Crippen LogP contribution in [0.15, 0.2) is 0 Å². The molecule has 0 spiro atoms. The Morgan fingerprint density at radius 1 is 0.182 bits per heavy atom. The van der Waals surface area contributed by atoms with Crippen molar-refractivity contribution in [3.63, 3.8) is 0 Å². The van der Waals surface area contributed by atoms with Gasteiger partial charge in [-0.25, -0.2) is 0 Å². The average Bonchev–Trinajstić information content (AvgIpc) is 3.04. The van der Waals surface area contributed by atoms with Gasteiger partial charge in [0.25, 0.3) is 0 Å². The average molecular weight is 623 g/mol. The first kappa shape index (κ1) is 46.0. The van der Waals surface area contributed by atoms with Crippen LogP contribution in [0.25, 0.3) is 0 Å². The van der Waals surface area contributed by atoms with Crippen molar-refractivity contribution >= 4 is 0 Å². The summed E-state index contributed by atoms with van der Waals surface area (Å²) < 4.78 is 0. The van der Waals surface area contributed by atoms with Crippen molar-refractivity contribution in [1.82, 2.24) is 0 Å². The molecule has 4 N–H and O–H groups in total. The van der Waals surface area contributed by atoms with Crippen LogP contribution < -0.4 is 11.5 Å². The molecule has 0 radical (unpaired) electrons. The summed E-state index contributed by atoms with van der Waals surface area (Å²) >= 11 is 0. The first-order valence-corrected chi connectivity index (χ1v) is 21.2. The van der Waals surface area contributed by atoms with Crippen LogP contribution in [0, 0.1) is 0 Å². The molecule has 0 amide bonds. The van der Waals surface area contributed by atoms with Crippen molar-refractivity contribution in [1.29, 1.82) is 0 Å². The second-order valence-electron chi connectivity index (χ2n) is 14.3. The summed E-state index contributed by atoms with van der Waals surface area (Å²) in [5.74, 6) is 0. The first-order chi connectivity index (χ1) is 21.8. The van der Waals surface area contributed by atoms with Gasteiger partial charge in [-0.1, -0.05) is 245 Å². The summed E-state index contributed by atoms with van der Waals surface area (Å²) in [6, 6.07) is 0. The van der Waals surface area contributed by atoms with Gasteiger partial charge in [-0.3, -0.25) is 0 Å². The van der Waals surface area contributed by atoms with Crippen molar-refractivity contribution in [3.8, 4) is 0 Å². The van der Waals surface area contributed by atoms with Gasteiger partial charge < -0.3 is 11.5 Å². The molecule has 0 aromatic rings. The number of unbranched alkanes of at least 4 members (excludes halogenated alkanes) is 36. The highest BCUT2D eigenvalue weighted by Crippen LogP contribution is 2.16. The zero-order valence-electron chi connectivity index (χ0n) is 31.4. The molecule has 0 rings (SSSR count). The van der Waals surface area contributed by atoms with Crippen LogP contribution in [-0.4, -0.2) is 13.1 Å². The molecular weight excluding hydrogens is 532 g/mol. The van der Waals surface area contributed by atoms with Crippen LogP contribution in [0.2, 0.25) is 0 Å². The molecule has 44 heavy (non-hydrogen) atoms. The van der Waals surface area contributed by atoms with E-state index in [1.807, 2.05) is 0 Å². The Hall–Kier alpha value is -0.0800. The van der Waals surface area contributed by atoms with E-state index in [1.165, 1.54) is 244 Å². The molecule has 0 atom stereocenters. The smallest absolute Gasteiger partial charge is 0.00773 e. The van der Waals surface area contributed by atoms with Crippen molar-refractivity contribution < 1.29 is 0 Å². The summed E-state index contributed by atoms with van der Waals surface area (Å²) in [7, 11) is 0. The second kappa shape index (κ2) is 47.3. The molecule has 0 saturated heterocycles. The molecule has 0 unspecified atom stereocenters. The third kappa shape index (κ3) is 48.8. The number of hydrogen-bond acceptors (Lipinski definition) is 2. The molecule has 0 aromatic carbocycles. The Balaban J connectivity index is 0. The van der Waals surface area contributed by atoms with Gasteiger partial charge in [-0.05, 0) is 25.9 Å². The molecular formula is C42H90N2. The monoisotopic (exact) mass is 623 g/mol. The molecule has 0 aliphatic rings. The van der Waals surface area contributed by atoms with Crippen LogP contribution in [0.4, 0.5) is 0 Å². The summed E-state index contributed by atoms with van der Waals surface area (Å²) in [5, 5.41) is 0. The largest absolute Gasteiger partial charge is 0.330 e. The van der Waals surface area contributed by atoms with Gasteiger partial charge in [0.05, 0.1) is 0 Å². The summed E-state index contributed by atoms with van der Waals surface area (Å²) in [6.07, 6.45) is 54.7. The highest BCUT2D eigenvalue weighted by Gasteiger charge is 1.96. The molecule has 0 aliphatic heterocycles. The van der Waals surface area contributed by atoms with E-state index in [0.29, 0.717) is 0 Å². The Bertz CT molecular complexity index is 399. The Morgan fingerprint density at radius 2 is 0.295 bits per heavy atom. The minimum absolute atomic E-state index is 0.874. The van der Waals surface area contributed by atoms with Crippen LogP contribution in [0.3, 0.4) is 0 Å². The fourth-order valence-electron chi connectivity index (χ4n) is 6.45. The minimum Gasteiger partial charge on any atom is -0.330 e. The molecule has 0 aromatic heterocycles. The molecule has 0 aliphatic carbocycles. The topological polar surface area (TPSA) is 52.0 Å². The lowest BCUT2D eigenvalue weighted by Crippen LogP contribution is -1.97. The second-order valence-corrected chi connectivity index (χ2v) is 14.3. The summed E-state index contributed by atoms with van der Waals surface area (Å²) in [5.41, 5.74) is 11.0. The van der Waals surface area contributed by atoms with E-state index in [9.17, 15) is 0 Å². The zero-order chi connectivity index (χ0) is 32.3. The molecule has 268 valence electrons. The SMILES string of the molecule is CCCCCCCCCCCCCCCCCCCCCCN.CCCCCCCCCCCCCCCCCCCCN. The first-order valence-electron chi connectivity index (χ1n) is 21.2. The zero-order valence-corrected chi connectivity index (χ0v) is 31.4. The predicted molar refractivity (Wildman–Crippen MR) is 205 cm³/mol. The Labute approximate surface area is 281 Å². The maximum absolute atomic E-state index is 5.51. The fraction of sp³-hybridized carbons (Fsp3) is 1.00. The van der Waals surface area contributed by atoms with Crippen LogP contribution in [0.1, 0.15) is 258 Å². The van der Waals surface area contributed by atoms with Crippen molar-refractivity contribution in [3.05, 3.63) is 0 Å². The molecule has 0 heterocycles. The van der Waals surface area contributed by atoms with Crippen molar-refractivity contribution in [2.24, 2.45) is 11.5 Å². The van der Waals surface area contributed by atoms with Gasteiger partial charge in [0, 0.05) is 0 Å². The standard InChI is InChI=1S/C22H47N.C20H43N/c1-2-3-4-5-6-7-8-9-10-11-12-13-14-15-16-17-18-19-20-21-22-23;1-2-3-4-5-6-7-8-9-10-11-12-13-14-15-16-17-18-19-20-21/h2-23H2,1H3;2-21H2,1H3. The highest BCUT2D eigenvalue weighted by atomic mass is 14.5. The van der Waals surface area contributed by atoms with E-state index >= 15 is 0 Å². The minimum atomic E-state index is 0.874. The maximum Gasteiger partial charge on any atom is -0.00773 e. The van der Waals surface area contributed by atoms with Gasteiger partial charge in [-0.15, -0.1) is 0 Å². The van der Waals surface area contributed by atoms with Crippen LogP contribution in [-0.2, 0) is 0 Å². The number of hydrogen-bond donors (Lipinski definition) is 2. The van der Waals surface area contributed by atoms with Gasteiger partial charge in [0.1, 0.15) is 0 Å². The van der Waals surface area contributed by atoms with E-state index in [1.54, 1.807) is 0 Å². The van der Waals surface area contributed by atoms with Crippen LogP contribution >= 0.6 is 0 Å². The normalized spacial score (nSPS) is 11.2. The van der Waals surface area contributed by atoms with E-state index in [2.05, 4.69) is 13.8 Å². The lowest BCUT2D eigenvalue weighted by molar-refractivity contribution is 0.522. The molecule has 0 bridgehead atoms. The molecule has 0 saturated carbocycles. The third-order valence-corrected chi connectivity index (χ3v) is 9.62. The Kier molecular flexibility index (Phi) is 49.5. The predicted octanol–water partition coefficient (Wildman–Crippen LogP) is 14.8. The van der Waals surface area contributed by atoms with Gasteiger partial charge >= 0.3 is 0 Å².